The Hall–Kier alpha value is -1.88. The first-order valence-electron chi connectivity index (χ1n) is 7.27. The van der Waals surface area contributed by atoms with Crippen LogP contribution in [0.5, 0.6) is 0 Å². The van der Waals surface area contributed by atoms with Crippen molar-refractivity contribution in [3.8, 4) is 0 Å². The van der Waals surface area contributed by atoms with Crippen LogP contribution in [0, 0.1) is 5.92 Å². The summed E-state index contributed by atoms with van der Waals surface area (Å²) in [6.45, 7) is 2.26. The fourth-order valence-electron chi connectivity index (χ4n) is 2.92. The molecule has 0 atom stereocenters. The molecule has 1 saturated carbocycles. The third kappa shape index (κ3) is 2.42. The molecule has 1 aromatic carbocycles. The van der Waals surface area contributed by atoms with Gasteiger partial charge in [0.1, 0.15) is 5.60 Å². The van der Waals surface area contributed by atoms with Crippen LogP contribution in [0.25, 0.3) is 0 Å². The molecule has 5 nitrogen and oxygen atoms in total. The number of amides is 2. The second kappa shape index (κ2) is 4.84. The van der Waals surface area contributed by atoms with E-state index < -0.39 is 5.60 Å². The molecule has 1 aliphatic carbocycles. The predicted molar refractivity (Wildman–Crippen MR) is 79.1 cm³/mol. The first kappa shape index (κ1) is 14.1. The second-order valence-corrected chi connectivity index (χ2v) is 6.13. The zero-order chi connectivity index (χ0) is 15.2. The van der Waals surface area contributed by atoms with Gasteiger partial charge in [-0.2, -0.15) is 0 Å². The number of β-amino-alcohol motifs (C(OH)–C–C–N with tert-alkyl or cyclic N) is 1. The number of aliphatic hydroxyl groups is 1. The third-order valence-electron chi connectivity index (χ3n) is 4.52. The summed E-state index contributed by atoms with van der Waals surface area (Å²) in [6.07, 6.45) is 2.12. The van der Waals surface area contributed by atoms with Gasteiger partial charge in [0.2, 0.25) is 5.91 Å². The zero-order valence-corrected chi connectivity index (χ0v) is 12.4. The molecule has 1 saturated heterocycles. The maximum atomic E-state index is 12.6. The number of nitrogens with zero attached hydrogens (tertiary/aromatic N) is 2. The van der Waals surface area contributed by atoms with Gasteiger partial charge in [-0.1, -0.05) is 12.1 Å². The first-order valence-corrected chi connectivity index (χ1v) is 7.27. The molecule has 2 amide bonds. The molecular formula is C16H20N2O3. The highest BCUT2D eigenvalue weighted by Crippen LogP contribution is 2.45. The summed E-state index contributed by atoms with van der Waals surface area (Å²) in [7, 11) is 1.66. The highest BCUT2D eigenvalue weighted by atomic mass is 16.3. The monoisotopic (exact) mass is 288 g/mol. The summed E-state index contributed by atoms with van der Waals surface area (Å²) in [5, 5.41) is 10.3. The maximum absolute atomic E-state index is 12.6. The smallest absolute Gasteiger partial charge is 0.256 e. The Kier molecular flexibility index (Phi) is 3.24. The van der Waals surface area contributed by atoms with Gasteiger partial charge in [-0.15, -0.1) is 0 Å². The summed E-state index contributed by atoms with van der Waals surface area (Å²) in [6, 6.07) is 7.09. The standard InChI is InChI=1S/C16H20N2O3/c1-11(19)17(2)14-6-4-3-5-13(14)15(20)18-9-16(21,10-18)12-7-8-12/h3-6,12,21H,7-10H2,1-2H3. The van der Waals surface area contributed by atoms with Crippen molar-refractivity contribution in [1.29, 1.82) is 0 Å². The number of benzene rings is 1. The van der Waals surface area contributed by atoms with E-state index in [-0.39, 0.29) is 11.8 Å². The molecule has 0 bridgehead atoms. The molecule has 1 heterocycles. The highest BCUT2D eigenvalue weighted by Gasteiger charge is 2.53. The maximum Gasteiger partial charge on any atom is 0.256 e. The fraction of sp³-hybridized carbons (Fsp3) is 0.500. The lowest BCUT2D eigenvalue weighted by atomic mass is 9.88. The summed E-state index contributed by atoms with van der Waals surface area (Å²) < 4.78 is 0. The Bertz CT molecular complexity index is 589. The van der Waals surface area contributed by atoms with Crippen molar-refractivity contribution < 1.29 is 14.7 Å². The second-order valence-electron chi connectivity index (χ2n) is 6.13. The average Bonchev–Trinajstić information content (AvgIpc) is 3.27. The van der Waals surface area contributed by atoms with E-state index in [0.29, 0.717) is 30.3 Å². The number of hydrogen-bond acceptors (Lipinski definition) is 3. The van der Waals surface area contributed by atoms with Crippen LogP contribution in [-0.2, 0) is 4.79 Å². The number of carbonyl (C=O) groups is 2. The van der Waals surface area contributed by atoms with Crippen LogP contribution in [0.2, 0.25) is 0 Å². The SMILES string of the molecule is CC(=O)N(C)c1ccccc1C(=O)N1CC(O)(C2CC2)C1. The molecule has 0 radical (unpaired) electrons. The minimum atomic E-state index is -0.683. The molecule has 1 N–H and O–H groups in total. The molecule has 0 unspecified atom stereocenters. The quantitative estimate of drug-likeness (QED) is 0.911. The highest BCUT2D eigenvalue weighted by molar-refractivity contribution is 6.04. The summed E-state index contributed by atoms with van der Waals surface area (Å²) in [5.41, 5.74) is 0.432. The molecule has 21 heavy (non-hydrogen) atoms. The molecule has 0 spiro atoms. The van der Waals surface area contributed by atoms with Crippen LogP contribution < -0.4 is 4.90 Å². The van der Waals surface area contributed by atoms with Crippen LogP contribution >= 0.6 is 0 Å². The van der Waals surface area contributed by atoms with E-state index in [1.54, 1.807) is 30.1 Å². The number of anilines is 1. The lowest BCUT2D eigenvalue weighted by Crippen LogP contribution is -2.64. The lowest BCUT2D eigenvalue weighted by Gasteiger charge is -2.47. The normalized spacial score (nSPS) is 19.9. The van der Waals surface area contributed by atoms with Crippen molar-refractivity contribution in [1.82, 2.24) is 4.90 Å². The van der Waals surface area contributed by atoms with Crippen molar-refractivity contribution >= 4 is 17.5 Å². The van der Waals surface area contributed by atoms with Crippen LogP contribution in [-0.4, -0.2) is 47.6 Å². The Morgan fingerprint density at radius 1 is 1.29 bits per heavy atom. The Balaban J connectivity index is 1.78. The van der Waals surface area contributed by atoms with E-state index in [0.717, 1.165) is 12.8 Å². The summed E-state index contributed by atoms with van der Waals surface area (Å²) >= 11 is 0. The van der Waals surface area contributed by atoms with Gasteiger partial charge in [0, 0.05) is 14.0 Å². The van der Waals surface area contributed by atoms with Crippen LogP contribution in [0.15, 0.2) is 24.3 Å². The number of hydrogen-bond donors (Lipinski definition) is 1. The van der Waals surface area contributed by atoms with Gasteiger partial charge < -0.3 is 14.9 Å². The van der Waals surface area contributed by atoms with Gasteiger partial charge in [0.15, 0.2) is 0 Å². The van der Waals surface area contributed by atoms with Crippen molar-refractivity contribution in [3.63, 3.8) is 0 Å². The van der Waals surface area contributed by atoms with Crippen LogP contribution in [0.4, 0.5) is 5.69 Å². The molecule has 1 aliphatic heterocycles. The van der Waals surface area contributed by atoms with E-state index in [1.807, 2.05) is 6.07 Å². The van der Waals surface area contributed by atoms with Gasteiger partial charge in [-0.3, -0.25) is 9.59 Å². The molecule has 112 valence electrons. The summed E-state index contributed by atoms with van der Waals surface area (Å²) in [5.74, 6) is 0.119. The average molecular weight is 288 g/mol. The summed E-state index contributed by atoms with van der Waals surface area (Å²) in [4.78, 5) is 27.2. The predicted octanol–water partition coefficient (Wildman–Crippen LogP) is 1.27. The lowest BCUT2D eigenvalue weighted by molar-refractivity contribution is -0.116. The minimum absolute atomic E-state index is 0.117. The van der Waals surface area contributed by atoms with E-state index in [9.17, 15) is 14.7 Å². The Morgan fingerprint density at radius 2 is 1.90 bits per heavy atom. The van der Waals surface area contributed by atoms with Gasteiger partial charge in [-0.25, -0.2) is 0 Å². The molecule has 5 heteroatoms. The Labute approximate surface area is 124 Å². The number of likely N-dealkylation sites (tertiary alicyclic amines) is 1. The topological polar surface area (TPSA) is 60.9 Å². The molecule has 2 fully saturated rings. The van der Waals surface area contributed by atoms with E-state index in [1.165, 1.54) is 11.8 Å². The van der Waals surface area contributed by atoms with E-state index >= 15 is 0 Å². The largest absolute Gasteiger partial charge is 0.386 e. The van der Waals surface area contributed by atoms with Crippen LogP contribution in [0.1, 0.15) is 30.1 Å². The number of para-hydroxylation sites is 1. The van der Waals surface area contributed by atoms with Gasteiger partial charge >= 0.3 is 0 Å². The first-order chi connectivity index (χ1) is 9.92. The van der Waals surface area contributed by atoms with Crippen molar-refractivity contribution in [2.45, 2.75) is 25.4 Å². The van der Waals surface area contributed by atoms with Gasteiger partial charge in [0.05, 0.1) is 24.3 Å². The van der Waals surface area contributed by atoms with Crippen molar-refractivity contribution in [2.75, 3.05) is 25.0 Å². The zero-order valence-electron chi connectivity index (χ0n) is 12.4. The molecule has 1 aromatic rings. The van der Waals surface area contributed by atoms with E-state index in [4.69, 9.17) is 0 Å². The van der Waals surface area contributed by atoms with Crippen LogP contribution in [0.3, 0.4) is 0 Å². The fourth-order valence-corrected chi connectivity index (χ4v) is 2.92. The van der Waals surface area contributed by atoms with Crippen molar-refractivity contribution in [3.05, 3.63) is 29.8 Å². The molecule has 3 rings (SSSR count). The minimum Gasteiger partial charge on any atom is -0.386 e. The molecule has 2 aliphatic rings. The molecular weight excluding hydrogens is 268 g/mol. The number of carbonyl (C=O) groups excluding carboxylic acids is 2. The third-order valence-corrected chi connectivity index (χ3v) is 4.52. The van der Waals surface area contributed by atoms with Crippen molar-refractivity contribution in [2.24, 2.45) is 5.92 Å². The van der Waals surface area contributed by atoms with Gasteiger partial charge in [0.25, 0.3) is 5.91 Å². The van der Waals surface area contributed by atoms with E-state index in [2.05, 4.69) is 0 Å². The van der Waals surface area contributed by atoms with Gasteiger partial charge in [-0.05, 0) is 30.9 Å². The molecule has 0 aromatic heterocycles. The Morgan fingerprint density at radius 3 is 2.48 bits per heavy atom. The number of rotatable bonds is 3.